The van der Waals surface area contributed by atoms with E-state index in [1.54, 1.807) is 14.0 Å². The molecule has 0 saturated carbocycles. The third-order valence-electron chi connectivity index (χ3n) is 8.28. The van der Waals surface area contributed by atoms with E-state index < -0.39 is 24.2 Å². The van der Waals surface area contributed by atoms with Gasteiger partial charge in [0.25, 0.3) is 5.91 Å². The van der Waals surface area contributed by atoms with Crippen LogP contribution in [0.5, 0.6) is 11.5 Å². The van der Waals surface area contributed by atoms with Gasteiger partial charge in [-0.25, -0.2) is 0 Å². The van der Waals surface area contributed by atoms with Crippen molar-refractivity contribution in [2.75, 3.05) is 14.2 Å². The monoisotopic (exact) mass is 577 g/mol. The van der Waals surface area contributed by atoms with E-state index in [4.69, 9.17) is 14.2 Å². The molecule has 1 aliphatic heterocycles. The first-order valence-electron chi connectivity index (χ1n) is 14.7. The highest BCUT2D eigenvalue weighted by Gasteiger charge is 2.38. The number of allylic oxidation sites excluding steroid dienone is 1. The molecule has 0 bridgehead atoms. The summed E-state index contributed by atoms with van der Waals surface area (Å²) >= 11 is 0. The van der Waals surface area contributed by atoms with Gasteiger partial charge in [0.1, 0.15) is 23.8 Å². The number of aromatic hydroxyl groups is 2. The highest BCUT2D eigenvalue weighted by Crippen LogP contribution is 2.40. The van der Waals surface area contributed by atoms with Crippen LogP contribution in [-0.4, -0.2) is 66.0 Å². The molecular formula is C32H51NO8. The summed E-state index contributed by atoms with van der Waals surface area (Å²) in [5, 5.41) is 33.5. The van der Waals surface area contributed by atoms with E-state index in [2.05, 4.69) is 25.7 Å². The predicted octanol–water partition coefficient (Wildman–Crippen LogP) is 4.99. The van der Waals surface area contributed by atoms with Crippen molar-refractivity contribution in [3.05, 3.63) is 34.9 Å². The Morgan fingerprint density at radius 2 is 1.88 bits per heavy atom. The summed E-state index contributed by atoms with van der Waals surface area (Å²) in [5.41, 5.74) is 2.91. The third-order valence-corrected chi connectivity index (χ3v) is 8.28. The second-order valence-electron chi connectivity index (χ2n) is 12.1. The Kier molecular flexibility index (Phi) is 13.6. The predicted molar refractivity (Wildman–Crippen MR) is 158 cm³/mol. The van der Waals surface area contributed by atoms with Crippen molar-refractivity contribution in [1.29, 1.82) is 0 Å². The molecule has 1 heterocycles. The van der Waals surface area contributed by atoms with Crippen LogP contribution in [-0.2, 0) is 36.6 Å². The van der Waals surface area contributed by atoms with E-state index >= 15 is 0 Å². The Morgan fingerprint density at radius 3 is 2.51 bits per heavy atom. The van der Waals surface area contributed by atoms with Crippen LogP contribution in [0.15, 0.2) is 18.2 Å². The van der Waals surface area contributed by atoms with Crippen molar-refractivity contribution in [1.82, 2.24) is 5.32 Å². The number of nitrogens with one attached hydrogen (secondary N) is 1. The molecule has 0 unspecified atom stereocenters. The molecule has 4 atom stereocenters. The van der Waals surface area contributed by atoms with Gasteiger partial charge >= 0.3 is 5.97 Å². The molecule has 1 fully saturated rings. The average molecular weight is 578 g/mol. The average Bonchev–Trinajstić information content (AvgIpc) is 2.92. The number of amides is 1. The topological polar surface area (TPSA) is 135 Å². The number of aliphatic hydroxyl groups excluding tert-OH is 1. The molecule has 0 aliphatic carbocycles. The molecule has 1 aliphatic rings. The number of methoxy groups -OCH3 is 2. The number of esters is 1. The number of hydrogen-bond acceptors (Lipinski definition) is 8. The lowest BCUT2D eigenvalue weighted by molar-refractivity contribution is -0.144. The van der Waals surface area contributed by atoms with Gasteiger partial charge < -0.3 is 34.8 Å². The maximum absolute atomic E-state index is 12.4. The first-order chi connectivity index (χ1) is 19.3. The molecule has 1 aromatic rings. The molecule has 9 heteroatoms. The van der Waals surface area contributed by atoms with Crippen molar-refractivity contribution < 1.29 is 39.1 Å². The largest absolute Gasteiger partial charge is 0.508 e. The minimum absolute atomic E-state index is 0.0152. The van der Waals surface area contributed by atoms with E-state index in [1.807, 2.05) is 6.92 Å². The van der Waals surface area contributed by atoms with E-state index in [9.17, 15) is 24.9 Å². The first-order valence-corrected chi connectivity index (χ1v) is 14.7. The number of benzene rings is 1. The molecule has 2 rings (SSSR count). The van der Waals surface area contributed by atoms with Crippen LogP contribution in [0.4, 0.5) is 0 Å². The van der Waals surface area contributed by atoms with Crippen LogP contribution in [0.2, 0.25) is 0 Å². The Hall–Kier alpha value is -2.62. The molecule has 0 spiro atoms. The highest BCUT2D eigenvalue weighted by atomic mass is 16.5. The van der Waals surface area contributed by atoms with Crippen LogP contribution < -0.4 is 5.32 Å². The second kappa shape index (κ2) is 16.1. The van der Waals surface area contributed by atoms with E-state index in [1.165, 1.54) is 13.2 Å². The lowest BCUT2D eigenvalue weighted by atomic mass is 9.76. The number of phenolic OH excluding ortho intramolecular Hbond substituents is 2. The standard InChI is InChI=1S/C32H51NO8/c1-20(2)13-14-25(34)31(38)33-29(39-6)17-22-15-16-32(4,5)28(41-22)12-10-8-9-11-23-21(3)26(35)19-27(36)24(23)18-30(37)40-7/h19,22,25,28-29,34-36H,1,8-18H2,2-7H3,(H,33,38)/t22-,25+,28-,29+/m1/s1. The van der Waals surface area contributed by atoms with Crippen molar-refractivity contribution in [3.8, 4) is 11.5 Å². The number of carbonyl (C=O) groups is 2. The highest BCUT2D eigenvalue weighted by molar-refractivity contribution is 5.80. The fraction of sp³-hybridized carbons (Fsp3) is 0.688. The fourth-order valence-corrected chi connectivity index (χ4v) is 5.45. The lowest BCUT2D eigenvalue weighted by Crippen LogP contribution is -2.47. The minimum Gasteiger partial charge on any atom is -0.508 e. The quantitative estimate of drug-likeness (QED) is 0.0934. The number of ether oxygens (including phenoxy) is 3. The fourth-order valence-electron chi connectivity index (χ4n) is 5.45. The molecule has 4 N–H and O–H groups in total. The molecular weight excluding hydrogens is 526 g/mol. The van der Waals surface area contributed by atoms with Crippen molar-refractivity contribution in [2.45, 2.75) is 123 Å². The number of phenols is 2. The van der Waals surface area contributed by atoms with Crippen LogP contribution >= 0.6 is 0 Å². The van der Waals surface area contributed by atoms with Gasteiger partial charge in [-0.05, 0) is 75.3 Å². The van der Waals surface area contributed by atoms with Gasteiger partial charge in [-0.1, -0.05) is 32.3 Å². The summed E-state index contributed by atoms with van der Waals surface area (Å²) in [7, 11) is 2.86. The van der Waals surface area contributed by atoms with E-state index in [0.717, 1.165) is 49.7 Å². The molecule has 41 heavy (non-hydrogen) atoms. The molecule has 0 radical (unpaired) electrons. The summed E-state index contributed by atoms with van der Waals surface area (Å²) in [6.45, 7) is 11.9. The van der Waals surface area contributed by atoms with Gasteiger partial charge in [0.05, 0.1) is 25.7 Å². The normalized spacial score (nSPS) is 19.8. The smallest absolute Gasteiger partial charge is 0.310 e. The van der Waals surface area contributed by atoms with Gasteiger partial charge in [0.2, 0.25) is 0 Å². The van der Waals surface area contributed by atoms with Crippen LogP contribution in [0, 0.1) is 12.3 Å². The Labute approximate surface area is 245 Å². The number of carbonyl (C=O) groups excluding carboxylic acids is 2. The summed E-state index contributed by atoms with van der Waals surface area (Å²) < 4.78 is 16.8. The Morgan fingerprint density at radius 1 is 1.17 bits per heavy atom. The minimum atomic E-state index is -1.10. The molecule has 1 saturated heterocycles. The maximum Gasteiger partial charge on any atom is 0.310 e. The van der Waals surface area contributed by atoms with E-state index in [0.29, 0.717) is 36.8 Å². The number of rotatable bonds is 16. The van der Waals surface area contributed by atoms with Gasteiger partial charge in [0.15, 0.2) is 0 Å². The Bertz CT molecular complexity index is 1040. The third kappa shape index (κ3) is 10.6. The van der Waals surface area contributed by atoms with E-state index in [-0.39, 0.29) is 35.5 Å². The van der Waals surface area contributed by atoms with Crippen molar-refractivity contribution in [3.63, 3.8) is 0 Å². The molecule has 232 valence electrons. The lowest BCUT2D eigenvalue weighted by Gasteiger charge is -2.43. The van der Waals surface area contributed by atoms with Gasteiger partial charge in [-0.2, -0.15) is 0 Å². The van der Waals surface area contributed by atoms with Crippen LogP contribution in [0.1, 0.15) is 95.2 Å². The van der Waals surface area contributed by atoms with Crippen LogP contribution in [0.3, 0.4) is 0 Å². The van der Waals surface area contributed by atoms with Gasteiger partial charge in [-0.3, -0.25) is 9.59 Å². The van der Waals surface area contributed by atoms with Gasteiger partial charge in [-0.15, -0.1) is 6.58 Å². The second-order valence-corrected chi connectivity index (χ2v) is 12.1. The number of hydrogen-bond donors (Lipinski definition) is 4. The van der Waals surface area contributed by atoms with Gasteiger partial charge in [0, 0.05) is 25.2 Å². The zero-order valence-electron chi connectivity index (χ0n) is 25.8. The molecule has 1 amide bonds. The van der Waals surface area contributed by atoms with Crippen molar-refractivity contribution >= 4 is 11.9 Å². The molecule has 9 nitrogen and oxygen atoms in total. The Balaban J connectivity index is 1.90. The zero-order valence-corrected chi connectivity index (χ0v) is 25.8. The summed E-state index contributed by atoms with van der Waals surface area (Å²) in [4.78, 5) is 24.3. The summed E-state index contributed by atoms with van der Waals surface area (Å²) in [6.07, 6.45) is 5.77. The van der Waals surface area contributed by atoms with Crippen LogP contribution in [0.25, 0.3) is 0 Å². The number of unbranched alkanes of at least 4 members (excludes halogenated alkanes) is 2. The number of aliphatic hydroxyl groups is 1. The molecule has 0 aromatic heterocycles. The first kappa shape index (κ1) is 34.6. The SMILES string of the molecule is C=C(C)CC[C@H](O)C(=O)N[C@H](C[C@H]1CCC(C)(C)[C@@H](CCCCCc2c(C)c(O)cc(O)c2CC(=O)OC)O1)OC. The van der Waals surface area contributed by atoms with Crippen molar-refractivity contribution in [2.24, 2.45) is 5.41 Å². The summed E-state index contributed by atoms with van der Waals surface area (Å²) in [6, 6.07) is 1.28. The molecule has 1 aromatic carbocycles. The summed E-state index contributed by atoms with van der Waals surface area (Å²) in [5.74, 6) is -0.965. The maximum atomic E-state index is 12.4. The zero-order chi connectivity index (χ0) is 30.7.